The van der Waals surface area contributed by atoms with Gasteiger partial charge in [0.1, 0.15) is 0 Å². The first-order chi connectivity index (χ1) is 6.80. The van der Waals surface area contributed by atoms with E-state index in [0.717, 1.165) is 13.1 Å². The molecule has 0 atom stereocenters. The van der Waals surface area contributed by atoms with Crippen LogP contribution in [-0.2, 0) is 9.59 Å². The van der Waals surface area contributed by atoms with Gasteiger partial charge in [-0.25, -0.2) is 0 Å². The lowest BCUT2D eigenvalue weighted by Gasteiger charge is -2.32. The normalized spacial score (nSPS) is 19.5. The maximum Gasteiger partial charge on any atom is 0.236 e. The summed E-state index contributed by atoms with van der Waals surface area (Å²) in [6.07, 6.45) is 0. The number of hydrogen-bond acceptors (Lipinski definition) is 3. The number of carbonyl (C=O) groups excluding carboxylic acids is 2. The van der Waals surface area contributed by atoms with Crippen LogP contribution >= 0.6 is 0 Å². The molecule has 0 aliphatic carbocycles. The van der Waals surface area contributed by atoms with E-state index in [1.165, 1.54) is 0 Å². The fourth-order valence-corrected chi connectivity index (χ4v) is 1.38. The molecular weight excluding hydrogens is 192 g/mol. The van der Waals surface area contributed by atoms with Crippen LogP contribution in [0.5, 0.6) is 0 Å². The van der Waals surface area contributed by atoms with Gasteiger partial charge in [0.25, 0.3) is 0 Å². The second kappa shape index (κ2) is 4.31. The van der Waals surface area contributed by atoms with Crippen molar-refractivity contribution in [3.8, 4) is 0 Å². The highest BCUT2D eigenvalue weighted by molar-refractivity contribution is 5.86. The molecule has 0 saturated carbocycles. The van der Waals surface area contributed by atoms with Crippen molar-refractivity contribution in [2.45, 2.75) is 20.8 Å². The van der Waals surface area contributed by atoms with Crippen molar-refractivity contribution in [3.05, 3.63) is 0 Å². The highest BCUT2D eigenvalue weighted by atomic mass is 16.2. The van der Waals surface area contributed by atoms with E-state index in [0.29, 0.717) is 13.1 Å². The van der Waals surface area contributed by atoms with Gasteiger partial charge in [0.15, 0.2) is 5.78 Å². The van der Waals surface area contributed by atoms with Gasteiger partial charge in [0.05, 0.1) is 13.1 Å². The third kappa shape index (κ3) is 3.30. The summed E-state index contributed by atoms with van der Waals surface area (Å²) < 4.78 is 0. The van der Waals surface area contributed by atoms with Crippen molar-refractivity contribution in [3.63, 3.8) is 0 Å². The van der Waals surface area contributed by atoms with E-state index < -0.39 is 0 Å². The molecule has 1 rings (SSSR count). The zero-order valence-corrected chi connectivity index (χ0v) is 10.0. The Balaban J connectivity index is 2.47. The van der Waals surface area contributed by atoms with Gasteiger partial charge in [-0.3, -0.25) is 14.5 Å². The van der Waals surface area contributed by atoms with Gasteiger partial charge in [-0.2, -0.15) is 0 Å². The third-order valence-electron chi connectivity index (χ3n) is 2.74. The first-order valence-corrected chi connectivity index (χ1v) is 5.30. The Hall–Kier alpha value is -0.900. The minimum absolute atomic E-state index is 0.1000. The van der Waals surface area contributed by atoms with Gasteiger partial charge in [-0.1, -0.05) is 20.8 Å². The third-order valence-corrected chi connectivity index (χ3v) is 2.74. The number of hydrogen-bond donors (Lipinski definition) is 0. The van der Waals surface area contributed by atoms with Crippen LogP contribution in [0.25, 0.3) is 0 Å². The monoisotopic (exact) mass is 212 g/mol. The van der Waals surface area contributed by atoms with Gasteiger partial charge in [0, 0.05) is 25.6 Å². The van der Waals surface area contributed by atoms with Gasteiger partial charge in [0.2, 0.25) is 5.91 Å². The van der Waals surface area contributed by atoms with E-state index in [4.69, 9.17) is 0 Å². The maximum absolute atomic E-state index is 11.8. The zero-order valence-electron chi connectivity index (χ0n) is 10.0. The van der Waals surface area contributed by atoms with Gasteiger partial charge in [-0.15, -0.1) is 0 Å². The van der Waals surface area contributed by atoms with E-state index in [2.05, 4.69) is 0 Å². The number of amides is 1. The van der Waals surface area contributed by atoms with Crippen LogP contribution < -0.4 is 0 Å². The summed E-state index contributed by atoms with van der Waals surface area (Å²) in [5, 5.41) is 0. The van der Waals surface area contributed by atoms with E-state index in [1.54, 1.807) is 11.9 Å². The van der Waals surface area contributed by atoms with Crippen molar-refractivity contribution in [1.29, 1.82) is 0 Å². The Bertz CT molecular complexity index is 268. The van der Waals surface area contributed by atoms with Crippen molar-refractivity contribution >= 4 is 11.7 Å². The van der Waals surface area contributed by atoms with Crippen LogP contribution in [0.2, 0.25) is 0 Å². The van der Waals surface area contributed by atoms with Crippen molar-refractivity contribution in [2.75, 3.05) is 33.2 Å². The molecule has 1 fully saturated rings. The molecule has 4 heteroatoms. The summed E-state index contributed by atoms with van der Waals surface area (Å²) in [5.74, 6) is 0.294. The van der Waals surface area contributed by atoms with E-state index in [9.17, 15) is 9.59 Å². The molecule has 0 aromatic heterocycles. The predicted molar refractivity (Wildman–Crippen MR) is 58.5 cm³/mol. The van der Waals surface area contributed by atoms with Crippen LogP contribution in [0.15, 0.2) is 0 Å². The molecular formula is C11H20N2O2. The Labute approximate surface area is 91.2 Å². The molecule has 1 aliphatic rings. The van der Waals surface area contributed by atoms with Crippen LogP contribution in [0.4, 0.5) is 0 Å². The Morgan fingerprint density at radius 2 is 1.93 bits per heavy atom. The molecule has 0 aromatic rings. The molecule has 0 unspecified atom stereocenters. The number of ketones is 1. The SMILES string of the molecule is CN1CCN(CC(=O)C(C)(C)C)CC1=O. The van der Waals surface area contributed by atoms with Crippen molar-refractivity contribution in [2.24, 2.45) is 5.41 Å². The Morgan fingerprint density at radius 1 is 1.33 bits per heavy atom. The average Bonchev–Trinajstić information content (AvgIpc) is 2.10. The van der Waals surface area contributed by atoms with Crippen molar-refractivity contribution in [1.82, 2.24) is 9.80 Å². The van der Waals surface area contributed by atoms with Crippen LogP contribution in [0, 0.1) is 5.41 Å². The number of piperazine rings is 1. The fraction of sp³-hybridized carbons (Fsp3) is 0.818. The summed E-state index contributed by atoms with van der Waals surface area (Å²) >= 11 is 0. The molecule has 0 bridgehead atoms. The van der Waals surface area contributed by atoms with Crippen LogP contribution in [-0.4, -0.2) is 54.7 Å². The topological polar surface area (TPSA) is 40.6 Å². The Morgan fingerprint density at radius 3 is 2.40 bits per heavy atom. The highest BCUT2D eigenvalue weighted by Gasteiger charge is 2.27. The summed E-state index contributed by atoms with van der Waals surface area (Å²) in [7, 11) is 1.80. The lowest BCUT2D eigenvalue weighted by atomic mass is 9.90. The smallest absolute Gasteiger partial charge is 0.236 e. The van der Waals surface area contributed by atoms with Gasteiger partial charge < -0.3 is 4.90 Å². The number of Topliss-reactive ketones (excluding diaryl/α,β-unsaturated/α-hetero) is 1. The lowest BCUT2D eigenvalue weighted by molar-refractivity contribution is -0.136. The summed E-state index contributed by atoms with van der Waals surface area (Å²) in [6, 6.07) is 0. The molecule has 86 valence electrons. The summed E-state index contributed by atoms with van der Waals surface area (Å²) in [6.45, 7) is 8.01. The minimum Gasteiger partial charge on any atom is -0.343 e. The predicted octanol–water partition coefficient (Wildman–Crippen LogP) is 0.376. The van der Waals surface area contributed by atoms with E-state index >= 15 is 0 Å². The molecule has 0 N–H and O–H groups in total. The molecule has 1 amide bonds. The zero-order chi connectivity index (χ0) is 11.6. The second-order valence-electron chi connectivity index (χ2n) is 5.20. The molecule has 1 aliphatic heterocycles. The molecule has 15 heavy (non-hydrogen) atoms. The maximum atomic E-state index is 11.8. The first kappa shape index (κ1) is 12.2. The van der Waals surface area contributed by atoms with Crippen molar-refractivity contribution < 1.29 is 9.59 Å². The standard InChI is InChI=1S/C11H20N2O2/c1-11(2,3)9(14)7-13-6-5-12(4)10(15)8-13/h5-8H2,1-4H3. The van der Waals surface area contributed by atoms with Crippen LogP contribution in [0.1, 0.15) is 20.8 Å². The van der Waals surface area contributed by atoms with Gasteiger partial charge >= 0.3 is 0 Å². The Kier molecular flexibility index (Phi) is 3.50. The number of carbonyl (C=O) groups is 2. The molecule has 0 radical (unpaired) electrons. The molecule has 4 nitrogen and oxygen atoms in total. The first-order valence-electron chi connectivity index (χ1n) is 5.30. The van der Waals surface area contributed by atoms with Crippen LogP contribution in [0.3, 0.4) is 0 Å². The van der Waals surface area contributed by atoms with Gasteiger partial charge in [-0.05, 0) is 0 Å². The molecule has 1 heterocycles. The summed E-state index contributed by atoms with van der Waals surface area (Å²) in [4.78, 5) is 26.8. The number of rotatable bonds is 2. The molecule has 0 aromatic carbocycles. The fourth-order valence-electron chi connectivity index (χ4n) is 1.38. The second-order valence-corrected chi connectivity index (χ2v) is 5.20. The number of nitrogens with zero attached hydrogens (tertiary/aromatic N) is 2. The summed E-state index contributed by atoms with van der Waals surface area (Å²) in [5.41, 5.74) is -0.313. The van der Waals surface area contributed by atoms with E-state index in [-0.39, 0.29) is 17.1 Å². The molecule has 0 spiro atoms. The molecule has 1 saturated heterocycles. The average molecular weight is 212 g/mol. The number of likely N-dealkylation sites (N-methyl/N-ethyl adjacent to an activating group) is 1. The van der Waals surface area contributed by atoms with E-state index in [1.807, 2.05) is 25.7 Å². The largest absolute Gasteiger partial charge is 0.343 e. The minimum atomic E-state index is -0.313. The lowest BCUT2D eigenvalue weighted by Crippen LogP contribution is -2.50. The quantitative estimate of drug-likeness (QED) is 0.664. The highest BCUT2D eigenvalue weighted by Crippen LogP contribution is 2.15.